The lowest BCUT2D eigenvalue weighted by atomic mass is 9.88. The summed E-state index contributed by atoms with van der Waals surface area (Å²) >= 11 is 0. The number of pyridine rings is 1. The van der Waals surface area contributed by atoms with Gasteiger partial charge in [-0.3, -0.25) is 24.3 Å². The molecule has 2 fully saturated rings. The maximum Gasteiger partial charge on any atom is 0.406 e. The van der Waals surface area contributed by atoms with Crippen molar-refractivity contribution in [2.45, 2.75) is 62.8 Å². The maximum atomic E-state index is 13.9. The van der Waals surface area contributed by atoms with Crippen LogP contribution in [0.25, 0.3) is 0 Å². The number of aryl methyl sites for hydroxylation is 1. The standard InChI is InChI=1S/C29H35F3N6O4/c1-27(2,33)24(40)35-22(13-8-11-20-9-4-3-5-10-20)23(39)36-15-16-38-26(42)37(19-29(30,31)32)25(41)28(38,18-36)17-21-12-6-7-14-34-21/h3-7,9-10,12,14,22H,8,11,13,15-19,33H2,1-2H3,(H,35,40)/t22-,28-/m1/s1. The first-order chi connectivity index (χ1) is 19.7. The van der Waals surface area contributed by atoms with Gasteiger partial charge in [0.05, 0.1) is 12.1 Å². The van der Waals surface area contributed by atoms with Crippen LogP contribution < -0.4 is 11.1 Å². The van der Waals surface area contributed by atoms with Crippen molar-refractivity contribution >= 4 is 23.8 Å². The Hall–Kier alpha value is -4.00. The van der Waals surface area contributed by atoms with Gasteiger partial charge in [0.1, 0.15) is 18.1 Å². The number of nitrogens with two attached hydrogens (primary N) is 1. The first kappa shape index (κ1) is 30.9. The Bertz CT molecular complexity index is 1300. The third-order valence-corrected chi connectivity index (χ3v) is 7.51. The van der Waals surface area contributed by atoms with Gasteiger partial charge in [-0.15, -0.1) is 0 Å². The van der Waals surface area contributed by atoms with E-state index in [4.69, 9.17) is 5.73 Å². The number of amides is 5. The van der Waals surface area contributed by atoms with Crippen molar-refractivity contribution in [2.24, 2.45) is 5.73 Å². The molecular formula is C29H35F3N6O4. The number of hydrogen-bond acceptors (Lipinski definition) is 6. The molecule has 1 aromatic carbocycles. The Morgan fingerprint density at radius 1 is 1.07 bits per heavy atom. The second-order valence-corrected chi connectivity index (χ2v) is 11.4. The molecule has 0 aliphatic carbocycles. The fourth-order valence-corrected chi connectivity index (χ4v) is 5.37. The summed E-state index contributed by atoms with van der Waals surface area (Å²) in [6.45, 7) is 0.740. The highest BCUT2D eigenvalue weighted by Crippen LogP contribution is 2.36. The molecule has 5 amide bonds. The summed E-state index contributed by atoms with van der Waals surface area (Å²) in [6, 6.07) is 12.5. The van der Waals surface area contributed by atoms with Crippen LogP contribution in [-0.2, 0) is 27.2 Å². The number of urea groups is 1. The highest BCUT2D eigenvalue weighted by Gasteiger charge is 2.61. The number of aromatic nitrogens is 1. The molecule has 2 aliphatic heterocycles. The second kappa shape index (κ2) is 12.1. The molecule has 13 heteroatoms. The highest BCUT2D eigenvalue weighted by molar-refractivity contribution is 6.08. The molecule has 42 heavy (non-hydrogen) atoms. The normalized spacial score (nSPS) is 20.0. The molecule has 2 saturated heterocycles. The predicted octanol–water partition coefficient (Wildman–Crippen LogP) is 2.28. The van der Waals surface area contributed by atoms with Gasteiger partial charge in [0.25, 0.3) is 5.91 Å². The van der Waals surface area contributed by atoms with Crippen LogP contribution in [0.4, 0.5) is 18.0 Å². The summed E-state index contributed by atoms with van der Waals surface area (Å²) in [5.41, 5.74) is 4.35. The molecule has 2 atom stereocenters. The van der Waals surface area contributed by atoms with Crippen LogP contribution in [0.5, 0.6) is 0 Å². The fourth-order valence-electron chi connectivity index (χ4n) is 5.37. The van der Waals surface area contributed by atoms with E-state index in [1.807, 2.05) is 30.3 Å². The number of alkyl halides is 3. The SMILES string of the molecule is CC(C)(N)C(=O)N[C@H](CCCc1ccccc1)C(=O)N1CCN2C(=O)N(CC(F)(F)F)C(=O)[C@@]2(Cc2ccccn2)C1. The molecule has 2 aliphatic rings. The topological polar surface area (TPSA) is 129 Å². The first-order valence-corrected chi connectivity index (χ1v) is 13.7. The fraction of sp³-hybridized carbons (Fsp3) is 0.483. The van der Waals surface area contributed by atoms with Crippen LogP contribution in [0.1, 0.15) is 37.9 Å². The molecule has 4 rings (SSSR count). The predicted molar refractivity (Wildman–Crippen MR) is 147 cm³/mol. The van der Waals surface area contributed by atoms with E-state index in [0.29, 0.717) is 18.5 Å². The minimum Gasteiger partial charge on any atom is -0.343 e. The number of fused-ring (bicyclic) bond motifs is 1. The Morgan fingerprint density at radius 3 is 2.38 bits per heavy atom. The number of hydrogen-bond donors (Lipinski definition) is 2. The van der Waals surface area contributed by atoms with Gasteiger partial charge in [-0.1, -0.05) is 36.4 Å². The van der Waals surface area contributed by atoms with Crippen molar-refractivity contribution in [1.82, 2.24) is 25.0 Å². The number of carbonyl (C=O) groups excluding carboxylic acids is 4. The van der Waals surface area contributed by atoms with Gasteiger partial charge in [-0.25, -0.2) is 4.79 Å². The summed E-state index contributed by atoms with van der Waals surface area (Å²) < 4.78 is 40.1. The molecule has 3 N–H and O–H groups in total. The third-order valence-electron chi connectivity index (χ3n) is 7.51. The van der Waals surface area contributed by atoms with Crippen molar-refractivity contribution in [3.05, 3.63) is 66.0 Å². The van der Waals surface area contributed by atoms with Crippen molar-refractivity contribution in [3.63, 3.8) is 0 Å². The molecule has 0 radical (unpaired) electrons. The second-order valence-electron chi connectivity index (χ2n) is 11.4. The van der Waals surface area contributed by atoms with E-state index in [2.05, 4.69) is 10.3 Å². The zero-order chi connectivity index (χ0) is 30.7. The summed E-state index contributed by atoms with van der Waals surface area (Å²) in [7, 11) is 0. The molecule has 0 bridgehead atoms. The highest BCUT2D eigenvalue weighted by atomic mass is 19.4. The first-order valence-electron chi connectivity index (χ1n) is 13.7. The van der Waals surface area contributed by atoms with Crippen LogP contribution in [0.3, 0.4) is 0 Å². The number of nitrogens with one attached hydrogen (secondary N) is 1. The lowest BCUT2D eigenvalue weighted by Crippen LogP contribution is -2.67. The van der Waals surface area contributed by atoms with Crippen molar-refractivity contribution in [2.75, 3.05) is 26.2 Å². The van der Waals surface area contributed by atoms with Gasteiger partial charge >= 0.3 is 12.2 Å². The van der Waals surface area contributed by atoms with Gasteiger partial charge < -0.3 is 20.9 Å². The van der Waals surface area contributed by atoms with Crippen LogP contribution in [-0.4, -0.2) is 92.9 Å². The average Bonchev–Trinajstić information content (AvgIpc) is 3.12. The number of imide groups is 1. The molecule has 2 aromatic rings. The quantitative estimate of drug-likeness (QED) is 0.410. The van der Waals surface area contributed by atoms with E-state index in [9.17, 15) is 32.3 Å². The zero-order valence-electron chi connectivity index (χ0n) is 23.6. The molecule has 0 spiro atoms. The Morgan fingerprint density at radius 2 is 1.76 bits per heavy atom. The molecule has 0 saturated carbocycles. The number of rotatable bonds is 10. The summed E-state index contributed by atoms with van der Waals surface area (Å²) in [5.74, 6) is -2.10. The molecule has 226 valence electrons. The Balaban J connectivity index is 1.61. The number of nitrogens with zero attached hydrogens (tertiary/aromatic N) is 4. The van der Waals surface area contributed by atoms with Crippen LogP contribution >= 0.6 is 0 Å². The molecule has 0 unspecified atom stereocenters. The van der Waals surface area contributed by atoms with Crippen molar-refractivity contribution in [1.29, 1.82) is 0 Å². The maximum absolute atomic E-state index is 13.9. The van der Waals surface area contributed by atoms with Crippen molar-refractivity contribution in [3.8, 4) is 0 Å². The number of piperazine rings is 1. The minimum atomic E-state index is -4.80. The van der Waals surface area contributed by atoms with Gasteiger partial charge in [0.15, 0.2) is 0 Å². The van der Waals surface area contributed by atoms with E-state index in [0.717, 1.165) is 10.5 Å². The summed E-state index contributed by atoms with van der Waals surface area (Å²) in [4.78, 5) is 60.4. The van der Waals surface area contributed by atoms with Crippen LogP contribution in [0.2, 0.25) is 0 Å². The molecule has 1 aromatic heterocycles. The van der Waals surface area contributed by atoms with E-state index in [1.54, 1.807) is 18.2 Å². The lowest BCUT2D eigenvalue weighted by molar-refractivity contribution is -0.157. The van der Waals surface area contributed by atoms with Gasteiger partial charge in [-0.05, 0) is 50.8 Å². The van der Waals surface area contributed by atoms with E-state index in [1.165, 1.54) is 24.9 Å². The van der Waals surface area contributed by atoms with Crippen molar-refractivity contribution < 1.29 is 32.3 Å². The molecular weight excluding hydrogens is 553 g/mol. The van der Waals surface area contributed by atoms with Gasteiger partial charge in [0, 0.05) is 31.4 Å². The summed E-state index contributed by atoms with van der Waals surface area (Å²) in [6.07, 6.45) is -2.06. The van der Waals surface area contributed by atoms with Crippen LogP contribution in [0.15, 0.2) is 54.7 Å². The van der Waals surface area contributed by atoms with E-state index >= 15 is 0 Å². The summed E-state index contributed by atoms with van der Waals surface area (Å²) in [5, 5.41) is 2.73. The Kier molecular flexibility index (Phi) is 8.90. The number of halogens is 3. The monoisotopic (exact) mass is 588 g/mol. The largest absolute Gasteiger partial charge is 0.406 e. The minimum absolute atomic E-state index is 0.0290. The van der Waals surface area contributed by atoms with Gasteiger partial charge in [0.2, 0.25) is 11.8 Å². The zero-order valence-corrected chi connectivity index (χ0v) is 23.6. The van der Waals surface area contributed by atoms with Gasteiger partial charge in [-0.2, -0.15) is 13.2 Å². The lowest BCUT2D eigenvalue weighted by Gasteiger charge is -2.45. The van der Waals surface area contributed by atoms with E-state index < -0.39 is 53.6 Å². The third kappa shape index (κ3) is 6.89. The smallest absolute Gasteiger partial charge is 0.343 e. The average molecular weight is 589 g/mol. The van der Waals surface area contributed by atoms with E-state index in [-0.39, 0.29) is 37.4 Å². The van der Waals surface area contributed by atoms with Crippen LogP contribution in [0, 0.1) is 0 Å². The number of carbonyl (C=O) groups is 4. The molecule has 10 nitrogen and oxygen atoms in total. The molecule has 3 heterocycles. The number of benzene rings is 1. The Labute approximate surface area is 242 Å².